The molecule has 2 heteroatoms. The Bertz CT molecular complexity index is 577. The summed E-state index contributed by atoms with van der Waals surface area (Å²) >= 11 is 0. The molecule has 0 atom stereocenters. The quantitative estimate of drug-likeness (QED) is 0.855. The first-order chi connectivity index (χ1) is 10.8. The molecule has 1 saturated carbocycles. The average Bonchev–Trinajstić information content (AvgIpc) is 3.38. The topological polar surface area (TPSA) is 29.1 Å². The third-order valence-corrected chi connectivity index (χ3v) is 4.46. The van der Waals surface area contributed by atoms with Crippen molar-refractivity contribution in [3.8, 4) is 0 Å². The van der Waals surface area contributed by atoms with Gasteiger partial charge in [0.25, 0.3) is 0 Å². The molecule has 0 bridgehead atoms. The van der Waals surface area contributed by atoms with E-state index in [-0.39, 0.29) is 5.91 Å². The van der Waals surface area contributed by atoms with Crippen molar-refractivity contribution in [3.63, 3.8) is 0 Å². The summed E-state index contributed by atoms with van der Waals surface area (Å²) in [7, 11) is 0. The number of hydrogen-bond acceptors (Lipinski definition) is 1. The van der Waals surface area contributed by atoms with E-state index >= 15 is 0 Å². The largest absolute Gasteiger partial charge is 0.352 e. The number of benzene rings is 2. The molecule has 2 nitrogen and oxygen atoms in total. The summed E-state index contributed by atoms with van der Waals surface area (Å²) < 4.78 is 0. The van der Waals surface area contributed by atoms with Gasteiger partial charge in [0.2, 0.25) is 5.91 Å². The molecule has 1 fully saturated rings. The second kappa shape index (κ2) is 6.35. The van der Waals surface area contributed by atoms with Crippen molar-refractivity contribution >= 4 is 5.91 Å². The second-order valence-electron chi connectivity index (χ2n) is 6.14. The van der Waals surface area contributed by atoms with Crippen LogP contribution < -0.4 is 5.32 Å². The molecule has 1 N–H and O–H groups in total. The molecule has 0 saturated heterocycles. The van der Waals surface area contributed by atoms with Gasteiger partial charge in [0.05, 0.1) is 5.41 Å². The van der Waals surface area contributed by atoms with Crippen LogP contribution in [0, 0.1) is 0 Å². The molecule has 3 rings (SSSR count). The summed E-state index contributed by atoms with van der Waals surface area (Å²) in [5.41, 5.74) is 1.59. The maximum atomic E-state index is 13.2. The van der Waals surface area contributed by atoms with E-state index in [4.69, 9.17) is 0 Å². The Morgan fingerprint density at radius 3 is 1.91 bits per heavy atom. The van der Waals surface area contributed by atoms with Gasteiger partial charge in [-0.1, -0.05) is 74.0 Å². The smallest absolute Gasteiger partial charge is 0.235 e. The average molecular weight is 293 g/mol. The van der Waals surface area contributed by atoms with Gasteiger partial charge in [-0.05, 0) is 30.4 Å². The molecule has 1 amide bonds. The first kappa shape index (κ1) is 14.8. The van der Waals surface area contributed by atoms with Crippen LogP contribution in [0.3, 0.4) is 0 Å². The number of hydrogen-bond donors (Lipinski definition) is 1. The molecule has 0 heterocycles. The Kier molecular flexibility index (Phi) is 4.28. The zero-order chi connectivity index (χ0) is 15.4. The Hall–Kier alpha value is -2.09. The highest BCUT2D eigenvalue weighted by atomic mass is 16.2. The Morgan fingerprint density at radius 1 is 1.00 bits per heavy atom. The lowest BCUT2D eigenvalue weighted by Gasteiger charge is -2.33. The zero-order valence-corrected chi connectivity index (χ0v) is 13.1. The lowest BCUT2D eigenvalue weighted by molar-refractivity contribution is -0.125. The summed E-state index contributed by atoms with van der Waals surface area (Å²) in [6.45, 7) is 2.14. The highest BCUT2D eigenvalue weighted by molar-refractivity contribution is 5.92. The minimum Gasteiger partial charge on any atom is -0.352 e. The number of carbonyl (C=O) groups excluding carboxylic acids is 1. The van der Waals surface area contributed by atoms with Gasteiger partial charge < -0.3 is 5.32 Å². The predicted octanol–water partition coefficient (Wildman–Crippen LogP) is 4.05. The van der Waals surface area contributed by atoms with Crippen LogP contribution in [-0.4, -0.2) is 11.9 Å². The minimum atomic E-state index is -0.583. The highest BCUT2D eigenvalue weighted by Gasteiger charge is 2.42. The number of carbonyl (C=O) groups is 1. The summed E-state index contributed by atoms with van der Waals surface area (Å²) in [4.78, 5) is 13.2. The van der Waals surface area contributed by atoms with Gasteiger partial charge in [0.15, 0.2) is 0 Å². The van der Waals surface area contributed by atoms with E-state index in [0.717, 1.165) is 36.8 Å². The van der Waals surface area contributed by atoms with Gasteiger partial charge in [0.1, 0.15) is 0 Å². The van der Waals surface area contributed by atoms with Crippen LogP contribution in [0.5, 0.6) is 0 Å². The summed E-state index contributed by atoms with van der Waals surface area (Å²) in [5.74, 6) is 0.147. The molecule has 0 radical (unpaired) electrons. The fourth-order valence-electron chi connectivity index (χ4n) is 3.19. The molecule has 0 unspecified atom stereocenters. The van der Waals surface area contributed by atoms with Crippen LogP contribution in [-0.2, 0) is 10.2 Å². The SMILES string of the molecule is CCCC(C(=O)NC1CC1)(c1ccccc1)c1ccccc1. The van der Waals surface area contributed by atoms with Gasteiger partial charge in [0, 0.05) is 6.04 Å². The summed E-state index contributed by atoms with van der Waals surface area (Å²) in [5, 5.41) is 3.24. The first-order valence-electron chi connectivity index (χ1n) is 8.19. The van der Waals surface area contributed by atoms with Crippen molar-refractivity contribution in [2.24, 2.45) is 0 Å². The van der Waals surface area contributed by atoms with Crippen molar-refractivity contribution in [2.45, 2.75) is 44.1 Å². The highest BCUT2D eigenvalue weighted by Crippen LogP contribution is 2.38. The molecule has 2 aromatic carbocycles. The molecule has 1 aliphatic carbocycles. The molecule has 0 aliphatic heterocycles. The number of rotatable bonds is 6. The lowest BCUT2D eigenvalue weighted by Crippen LogP contribution is -2.46. The summed E-state index contributed by atoms with van der Waals surface area (Å²) in [6, 6.07) is 20.8. The van der Waals surface area contributed by atoms with Crippen molar-refractivity contribution in [1.82, 2.24) is 5.32 Å². The molecular formula is C20H23NO. The summed E-state index contributed by atoms with van der Waals surface area (Å²) in [6.07, 6.45) is 4.00. The number of nitrogens with one attached hydrogen (secondary N) is 1. The third-order valence-electron chi connectivity index (χ3n) is 4.46. The van der Waals surface area contributed by atoms with E-state index < -0.39 is 5.41 Å². The Morgan fingerprint density at radius 2 is 1.50 bits per heavy atom. The fraction of sp³-hybridized carbons (Fsp3) is 0.350. The van der Waals surface area contributed by atoms with Gasteiger partial charge in [-0.15, -0.1) is 0 Å². The molecule has 114 valence electrons. The molecular weight excluding hydrogens is 270 g/mol. The van der Waals surface area contributed by atoms with Gasteiger partial charge >= 0.3 is 0 Å². The van der Waals surface area contributed by atoms with Crippen molar-refractivity contribution < 1.29 is 4.79 Å². The maximum Gasteiger partial charge on any atom is 0.235 e. The monoisotopic (exact) mass is 293 g/mol. The van der Waals surface area contributed by atoms with E-state index in [9.17, 15) is 4.79 Å². The minimum absolute atomic E-state index is 0.147. The molecule has 22 heavy (non-hydrogen) atoms. The third kappa shape index (κ3) is 2.78. The molecule has 0 spiro atoms. The normalized spacial score (nSPS) is 14.6. The van der Waals surface area contributed by atoms with Crippen LogP contribution in [0.15, 0.2) is 60.7 Å². The Labute approximate surface area is 132 Å². The van der Waals surface area contributed by atoms with E-state index in [1.165, 1.54) is 0 Å². The number of amides is 1. The first-order valence-corrected chi connectivity index (χ1v) is 8.19. The second-order valence-corrected chi connectivity index (χ2v) is 6.14. The van der Waals surface area contributed by atoms with Crippen LogP contribution >= 0.6 is 0 Å². The van der Waals surface area contributed by atoms with Crippen molar-refractivity contribution in [1.29, 1.82) is 0 Å². The zero-order valence-electron chi connectivity index (χ0n) is 13.1. The maximum absolute atomic E-state index is 13.2. The van der Waals surface area contributed by atoms with E-state index in [0.29, 0.717) is 6.04 Å². The van der Waals surface area contributed by atoms with Crippen molar-refractivity contribution in [3.05, 3.63) is 71.8 Å². The molecule has 0 aromatic heterocycles. The van der Waals surface area contributed by atoms with Gasteiger partial charge in [-0.25, -0.2) is 0 Å². The van der Waals surface area contributed by atoms with E-state index in [1.807, 2.05) is 36.4 Å². The molecule has 1 aliphatic rings. The van der Waals surface area contributed by atoms with E-state index in [1.54, 1.807) is 0 Å². The van der Waals surface area contributed by atoms with Crippen LogP contribution in [0.25, 0.3) is 0 Å². The lowest BCUT2D eigenvalue weighted by atomic mass is 9.70. The van der Waals surface area contributed by atoms with E-state index in [2.05, 4.69) is 36.5 Å². The van der Waals surface area contributed by atoms with Gasteiger partial charge in [-0.2, -0.15) is 0 Å². The predicted molar refractivity (Wildman–Crippen MR) is 89.7 cm³/mol. The Balaban J connectivity index is 2.11. The standard InChI is InChI=1S/C20H23NO/c1-2-15-20(16-9-5-3-6-10-16,17-11-7-4-8-12-17)19(22)21-18-13-14-18/h3-12,18H,2,13-15H2,1H3,(H,21,22). The molecule has 2 aromatic rings. The van der Waals surface area contributed by atoms with Gasteiger partial charge in [-0.3, -0.25) is 4.79 Å². The fourth-order valence-corrected chi connectivity index (χ4v) is 3.19. The van der Waals surface area contributed by atoms with Crippen LogP contribution in [0.1, 0.15) is 43.7 Å². The van der Waals surface area contributed by atoms with Crippen LogP contribution in [0.2, 0.25) is 0 Å². The van der Waals surface area contributed by atoms with Crippen LogP contribution in [0.4, 0.5) is 0 Å². The van der Waals surface area contributed by atoms with Crippen molar-refractivity contribution in [2.75, 3.05) is 0 Å².